The molecule has 0 radical (unpaired) electrons. The number of halogens is 1. The molecule has 124 valence electrons. The first-order valence-electron chi connectivity index (χ1n) is 7.58. The zero-order valence-corrected chi connectivity index (χ0v) is 15.5. The topological polar surface area (TPSA) is 73.1 Å². The second-order valence-electron chi connectivity index (χ2n) is 6.01. The summed E-state index contributed by atoms with van der Waals surface area (Å²) < 4.78 is 3.20. The Bertz CT molecular complexity index is 850. The molecule has 6 nitrogen and oxygen atoms in total. The van der Waals surface area contributed by atoms with E-state index < -0.39 is 21.5 Å². The number of rotatable bonds is 3. The third-order valence-corrected chi connectivity index (χ3v) is 7.41. The third-order valence-electron chi connectivity index (χ3n) is 4.06. The zero-order valence-electron chi connectivity index (χ0n) is 13.3. The predicted molar refractivity (Wildman–Crippen MR) is 82.8 cm³/mol. The summed E-state index contributed by atoms with van der Waals surface area (Å²) in [5.74, 6) is -0.144. The van der Waals surface area contributed by atoms with Gasteiger partial charge in [-0.15, -0.1) is 0 Å². The Labute approximate surface area is 144 Å². The predicted octanol–water partition coefficient (Wildman–Crippen LogP) is -1.88. The van der Waals surface area contributed by atoms with E-state index in [0.29, 0.717) is 18.8 Å². The molecule has 0 saturated carbocycles. The van der Waals surface area contributed by atoms with Crippen LogP contribution in [-0.2, 0) is 16.6 Å². The van der Waals surface area contributed by atoms with Gasteiger partial charge in [-0.1, -0.05) is 0 Å². The molecule has 7 heteroatoms. The van der Waals surface area contributed by atoms with Gasteiger partial charge in [0, 0.05) is 0 Å². The molecule has 1 aliphatic rings. The SMILES string of the molecule is CC(C)c1cccc2c1n(C)c(=O)n2[I-]C1CCC(=O)NC1=O. The van der Waals surface area contributed by atoms with Crippen molar-refractivity contribution in [3.05, 3.63) is 34.2 Å². The summed E-state index contributed by atoms with van der Waals surface area (Å²) in [5.41, 5.74) is 2.89. The summed E-state index contributed by atoms with van der Waals surface area (Å²) in [7, 11) is 1.78. The molecule has 0 spiro atoms. The van der Waals surface area contributed by atoms with E-state index in [1.54, 1.807) is 14.4 Å². The van der Waals surface area contributed by atoms with Crippen LogP contribution >= 0.6 is 0 Å². The summed E-state index contributed by atoms with van der Waals surface area (Å²) in [4.78, 5) is 36.0. The normalized spacial score (nSPS) is 18.9. The molecule has 1 unspecified atom stereocenters. The van der Waals surface area contributed by atoms with Crippen molar-refractivity contribution in [1.82, 2.24) is 12.7 Å². The van der Waals surface area contributed by atoms with Gasteiger partial charge in [0.2, 0.25) is 0 Å². The zero-order chi connectivity index (χ0) is 16.7. The van der Waals surface area contributed by atoms with Gasteiger partial charge in [-0.2, -0.15) is 0 Å². The van der Waals surface area contributed by atoms with Gasteiger partial charge in [-0.05, 0) is 0 Å². The number of amides is 2. The Morgan fingerprint density at radius 1 is 1.26 bits per heavy atom. The Balaban J connectivity index is 2.07. The Hall–Kier alpha value is -1.64. The van der Waals surface area contributed by atoms with Gasteiger partial charge < -0.3 is 0 Å². The molecular weight excluding hydrogens is 409 g/mol. The Morgan fingerprint density at radius 3 is 2.65 bits per heavy atom. The monoisotopic (exact) mass is 428 g/mol. The van der Waals surface area contributed by atoms with Crippen LogP contribution < -0.4 is 32.5 Å². The van der Waals surface area contributed by atoms with Crippen molar-refractivity contribution in [2.45, 2.75) is 36.5 Å². The molecule has 2 heterocycles. The molecule has 1 saturated heterocycles. The number of hydrogen-bond acceptors (Lipinski definition) is 3. The number of carbonyl (C=O) groups excluding carboxylic acids is 2. The van der Waals surface area contributed by atoms with Crippen molar-refractivity contribution in [1.29, 1.82) is 0 Å². The number of aryl methyl sites for hydroxylation is 1. The van der Waals surface area contributed by atoms with Gasteiger partial charge >= 0.3 is 144 Å². The van der Waals surface area contributed by atoms with E-state index >= 15 is 0 Å². The van der Waals surface area contributed by atoms with E-state index in [1.165, 1.54) is 0 Å². The summed E-state index contributed by atoms with van der Waals surface area (Å²) >= 11 is -0.871. The number of nitrogens with one attached hydrogen (secondary N) is 1. The van der Waals surface area contributed by atoms with Crippen molar-refractivity contribution < 1.29 is 31.1 Å². The molecule has 1 atom stereocenters. The molecule has 1 aromatic carbocycles. The second kappa shape index (κ2) is 6.10. The molecule has 0 bridgehead atoms. The molecule has 1 aliphatic heterocycles. The number of alkyl halides is 1. The quantitative estimate of drug-likeness (QED) is 0.354. The molecule has 1 N–H and O–H groups in total. The maximum atomic E-state index is 12.7. The fourth-order valence-electron chi connectivity index (χ4n) is 2.84. The summed E-state index contributed by atoms with van der Waals surface area (Å²) in [6.45, 7) is 4.21. The minimum absolute atomic E-state index is 0.0781. The van der Waals surface area contributed by atoms with Crippen LogP contribution in [0.5, 0.6) is 0 Å². The molecule has 0 aliphatic carbocycles. The second-order valence-corrected chi connectivity index (χ2v) is 9.03. The van der Waals surface area contributed by atoms with E-state index in [-0.39, 0.29) is 21.4 Å². The molecular formula is C16H19IN3O3-. The van der Waals surface area contributed by atoms with Gasteiger partial charge in [0.15, 0.2) is 0 Å². The van der Waals surface area contributed by atoms with E-state index in [1.807, 2.05) is 18.2 Å². The van der Waals surface area contributed by atoms with Crippen molar-refractivity contribution in [2.75, 3.05) is 0 Å². The number of nitrogens with zero attached hydrogens (tertiary/aromatic N) is 2. The Kier molecular flexibility index (Phi) is 4.31. The summed E-state index contributed by atoms with van der Waals surface area (Å²) in [6, 6.07) is 5.94. The molecule has 1 aromatic heterocycles. The number of fused-ring (bicyclic) bond motifs is 1. The standard InChI is InChI=1S/C16H19IN3O3/c1-9(2)10-5-4-6-12-14(10)19(3)16(23)20(12)17-11-7-8-13(21)18-15(11)22/h4-6,9,11H,7-8H2,1-3H3,(H,18,21,22)/q-1. The third kappa shape index (κ3) is 2.82. The molecule has 1 fully saturated rings. The van der Waals surface area contributed by atoms with E-state index in [2.05, 4.69) is 19.2 Å². The number of imide groups is 1. The van der Waals surface area contributed by atoms with Crippen LogP contribution in [0.25, 0.3) is 11.0 Å². The first-order valence-corrected chi connectivity index (χ1v) is 9.79. The van der Waals surface area contributed by atoms with Crippen LogP contribution in [0, 0.1) is 0 Å². The molecule has 2 amide bonds. The first kappa shape index (κ1) is 16.2. The number of imidazole rings is 1. The maximum absolute atomic E-state index is 12.7. The number of hydrogen-bond donors (Lipinski definition) is 1. The number of carbonyl (C=O) groups is 2. The minimum atomic E-state index is -0.871. The van der Waals surface area contributed by atoms with Crippen LogP contribution in [-0.4, -0.2) is 23.1 Å². The van der Waals surface area contributed by atoms with Crippen molar-refractivity contribution in [2.24, 2.45) is 7.05 Å². The summed E-state index contributed by atoms with van der Waals surface area (Å²) in [5, 5.41) is 2.38. The van der Waals surface area contributed by atoms with E-state index in [4.69, 9.17) is 0 Å². The number of benzene rings is 1. The average Bonchev–Trinajstić information content (AvgIpc) is 2.74. The van der Waals surface area contributed by atoms with Crippen LogP contribution in [0.2, 0.25) is 0 Å². The van der Waals surface area contributed by atoms with Crippen LogP contribution in [0.3, 0.4) is 0 Å². The van der Waals surface area contributed by atoms with Crippen molar-refractivity contribution >= 4 is 22.8 Å². The van der Waals surface area contributed by atoms with Crippen LogP contribution in [0.1, 0.15) is 38.2 Å². The summed E-state index contributed by atoms with van der Waals surface area (Å²) in [6.07, 6.45) is 0.886. The Morgan fingerprint density at radius 2 is 2.00 bits per heavy atom. The fraction of sp³-hybridized carbons (Fsp3) is 0.438. The van der Waals surface area contributed by atoms with Crippen molar-refractivity contribution in [3.8, 4) is 0 Å². The molecule has 3 rings (SSSR count). The number of aromatic nitrogens is 2. The van der Waals surface area contributed by atoms with Gasteiger partial charge in [0.1, 0.15) is 0 Å². The van der Waals surface area contributed by atoms with E-state index in [9.17, 15) is 14.4 Å². The van der Waals surface area contributed by atoms with Gasteiger partial charge in [0.25, 0.3) is 0 Å². The first-order chi connectivity index (χ1) is 10.9. The van der Waals surface area contributed by atoms with Gasteiger partial charge in [-0.25, -0.2) is 0 Å². The van der Waals surface area contributed by atoms with Gasteiger partial charge in [0.05, 0.1) is 0 Å². The van der Waals surface area contributed by atoms with Crippen molar-refractivity contribution in [3.63, 3.8) is 0 Å². The van der Waals surface area contributed by atoms with Crippen LogP contribution in [0.4, 0.5) is 0 Å². The average molecular weight is 428 g/mol. The van der Waals surface area contributed by atoms with Crippen LogP contribution in [0.15, 0.2) is 23.0 Å². The van der Waals surface area contributed by atoms with E-state index in [0.717, 1.165) is 16.6 Å². The number of para-hydroxylation sites is 1. The van der Waals surface area contributed by atoms with Gasteiger partial charge in [-0.3, -0.25) is 0 Å². The fourth-order valence-corrected chi connectivity index (χ4v) is 5.76. The molecule has 2 aromatic rings. The number of piperidine rings is 1. The molecule has 23 heavy (non-hydrogen) atoms.